The van der Waals surface area contributed by atoms with Crippen LogP contribution in [0.1, 0.15) is 45.9 Å². The number of amides is 1. The van der Waals surface area contributed by atoms with Gasteiger partial charge in [0.2, 0.25) is 0 Å². The first-order valence-electron chi connectivity index (χ1n) is 9.07. The number of aromatic nitrogens is 2. The molecule has 3 aromatic rings. The van der Waals surface area contributed by atoms with Crippen LogP contribution in [0.3, 0.4) is 0 Å². The minimum Gasteiger partial charge on any atom is -0.322 e. The Morgan fingerprint density at radius 1 is 1.21 bits per heavy atom. The Bertz CT molecular complexity index is 1090. The summed E-state index contributed by atoms with van der Waals surface area (Å²) in [5, 5.41) is 7.60. The summed E-state index contributed by atoms with van der Waals surface area (Å²) < 4.78 is 40.7. The third-order valence-electron chi connectivity index (χ3n) is 4.95. The summed E-state index contributed by atoms with van der Waals surface area (Å²) >= 11 is 6.11. The molecule has 0 spiro atoms. The summed E-state index contributed by atoms with van der Waals surface area (Å²) in [4.78, 5) is 12.9. The molecule has 1 fully saturated rings. The number of benzene rings is 2. The Hall–Kier alpha value is -2.80. The molecule has 1 saturated carbocycles. The van der Waals surface area contributed by atoms with Crippen LogP contribution >= 0.6 is 11.6 Å². The summed E-state index contributed by atoms with van der Waals surface area (Å²) in [6, 6.07) is 10.2. The molecule has 0 bridgehead atoms. The van der Waals surface area contributed by atoms with Crippen LogP contribution < -0.4 is 5.32 Å². The van der Waals surface area contributed by atoms with E-state index < -0.39 is 11.7 Å². The van der Waals surface area contributed by atoms with Crippen molar-refractivity contribution < 1.29 is 18.0 Å². The zero-order valence-electron chi connectivity index (χ0n) is 15.4. The van der Waals surface area contributed by atoms with Crippen LogP contribution in [0.25, 0.3) is 5.69 Å². The van der Waals surface area contributed by atoms with Crippen molar-refractivity contribution in [2.75, 3.05) is 5.32 Å². The van der Waals surface area contributed by atoms with Crippen molar-refractivity contribution in [3.63, 3.8) is 0 Å². The fourth-order valence-corrected chi connectivity index (χ4v) is 3.41. The number of nitrogens with one attached hydrogen (secondary N) is 1. The lowest BCUT2D eigenvalue weighted by atomic mass is 10.1. The van der Waals surface area contributed by atoms with Gasteiger partial charge in [-0.2, -0.15) is 18.3 Å². The van der Waals surface area contributed by atoms with Crippen molar-refractivity contribution >= 4 is 23.2 Å². The molecule has 4 nitrogen and oxygen atoms in total. The van der Waals surface area contributed by atoms with Crippen molar-refractivity contribution in [2.45, 2.75) is 31.9 Å². The van der Waals surface area contributed by atoms with Crippen molar-refractivity contribution in [3.8, 4) is 5.69 Å². The van der Waals surface area contributed by atoms with Crippen molar-refractivity contribution in [1.29, 1.82) is 0 Å². The standard InChI is InChI=1S/C21H17ClF3N3O/c1-12-17(22)6-3-7-18(12)27-20(29)16-11-26-28(19(16)13-8-9-13)15-5-2-4-14(10-15)21(23,24)25/h2-7,10-11,13H,8-9H2,1H3,(H,27,29). The van der Waals surface area contributed by atoms with Crippen molar-refractivity contribution in [1.82, 2.24) is 9.78 Å². The maximum Gasteiger partial charge on any atom is 0.416 e. The average Bonchev–Trinajstić information content (AvgIpc) is 3.42. The van der Waals surface area contributed by atoms with Gasteiger partial charge in [0, 0.05) is 16.6 Å². The normalized spacial score (nSPS) is 14.1. The zero-order chi connectivity index (χ0) is 20.8. The SMILES string of the molecule is Cc1c(Cl)cccc1NC(=O)c1cnn(-c2cccc(C(F)(F)F)c2)c1C1CC1. The van der Waals surface area contributed by atoms with Gasteiger partial charge in [-0.05, 0) is 55.7 Å². The van der Waals surface area contributed by atoms with Gasteiger partial charge < -0.3 is 5.32 Å². The third kappa shape index (κ3) is 3.87. The first kappa shape index (κ1) is 19.5. The van der Waals surface area contributed by atoms with E-state index in [-0.39, 0.29) is 17.5 Å². The molecule has 1 amide bonds. The van der Waals surface area contributed by atoms with E-state index in [2.05, 4.69) is 10.4 Å². The fourth-order valence-electron chi connectivity index (χ4n) is 3.23. The highest BCUT2D eigenvalue weighted by molar-refractivity contribution is 6.31. The van der Waals surface area contributed by atoms with Crippen LogP contribution in [0.15, 0.2) is 48.7 Å². The number of carbonyl (C=O) groups is 1. The molecule has 0 aliphatic heterocycles. The molecule has 29 heavy (non-hydrogen) atoms. The molecule has 1 aliphatic rings. The highest BCUT2D eigenvalue weighted by Gasteiger charge is 2.34. The van der Waals surface area contributed by atoms with Crippen LogP contribution in [0.2, 0.25) is 5.02 Å². The number of rotatable bonds is 4. The molecule has 2 aromatic carbocycles. The van der Waals surface area contributed by atoms with Crippen LogP contribution in [0.4, 0.5) is 18.9 Å². The molecular formula is C21H17ClF3N3O. The quantitative estimate of drug-likeness (QED) is 0.565. The summed E-state index contributed by atoms with van der Waals surface area (Å²) in [5.74, 6) is -0.274. The second-order valence-corrected chi connectivity index (χ2v) is 7.45. The number of carbonyl (C=O) groups excluding carboxylic acids is 1. The molecule has 1 N–H and O–H groups in total. The first-order chi connectivity index (χ1) is 13.8. The lowest BCUT2D eigenvalue weighted by molar-refractivity contribution is -0.137. The van der Waals surface area contributed by atoms with E-state index in [1.807, 2.05) is 0 Å². The Morgan fingerprint density at radius 3 is 2.62 bits per heavy atom. The average molecular weight is 420 g/mol. The predicted octanol–water partition coefficient (Wildman–Crippen LogP) is 5.98. The van der Waals surface area contributed by atoms with E-state index >= 15 is 0 Å². The van der Waals surface area contributed by atoms with E-state index in [1.54, 1.807) is 31.2 Å². The van der Waals surface area contributed by atoms with E-state index in [0.29, 0.717) is 22.0 Å². The molecule has 150 valence electrons. The zero-order valence-corrected chi connectivity index (χ0v) is 16.2. The Balaban J connectivity index is 1.71. The molecule has 0 atom stereocenters. The number of anilines is 1. The maximum absolute atomic E-state index is 13.1. The smallest absolute Gasteiger partial charge is 0.322 e. The molecule has 1 aliphatic carbocycles. The van der Waals surface area contributed by atoms with Gasteiger partial charge in [-0.25, -0.2) is 4.68 Å². The number of hydrogen-bond donors (Lipinski definition) is 1. The molecular weight excluding hydrogens is 403 g/mol. The lowest BCUT2D eigenvalue weighted by Crippen LogP contribution is -2.15. The maximum atomic E-state index is 13.1. The molecule has 4 rings (SSSR count). The van der Waals surface area contributed by atoms with E-state index in [4.69, 9.17) is 11.6 Å². The summed E-state index contributed by atoms with van der Waals surface area (Å²) in [6.07, 6.45) is -1.32. The van der Waals surface area contributed by atoms with Gasteiger partial charge in [-0.1, -0.05) is 23.7 Å². The lowest BCUT2D eigenvalue weighted by Gasteiger charge is -2.13. The van der Waals surface area contributed by atoms with Gasteiger partial charge in [0.1, 0.15) is 0 Å². The topological polar surface area (TPSA) is 46.9 Å². The van der Waals surface area contributed by atoms with Gasteiger partial charge >= 0.3 is 6.18 Å². The second-order valence-electron chi connectivity index (χ2n) is 7.04. The summed E-state index contributed by atoms with van der Waals surface area (Å²) in [6.45, 7) is 1.80. The molecule has 1 aromatic heterocycles. The van der Waals surface area contributed by atoms with Crippen molar-refractivity contribution in [3.05, 3.63) is 76.1 Å². The van der Waals surface area contributed by atoms with Gasteiger partial charge in [-0.15, -0.1) is 0 Å². The number of hydrogen-bond acceptors (Lipinski definition) is 2. The van der Waals surface area contributed by atoms with Gasteiger partial charge in [-0.3, -0.25) is 4.79 Å². The second kappa shape index (κ2) is 7.22. The van der Waals surface area contributed by atoms with E-state index in [1.165, 1.54) is 16.9 Å². The van der Waals surface area contributed by atoms with Crippen LogP contribution in [0.5, 0.6) is 0 Å². The highest BCUT2D eigenvalue weighted by atomic mass is 35.5. The molecule has 0 radical (unpaired) electrons. The van der Waals surface area contributed by atoms with E-state index in [9.17, 15) is 18.0 Å². The fraction of sp³-hybridized carbons (Fsp3) is 0.238. The predicted molar refractivity (Wildman–Crippen MR) is 105 cm³/mol. The Kier molecular flexibility index (Phi) is 4.86. The van der Waals surface area contributed by atoms with Crippen molar-refractivity contribution in [2.24, 2.45) is 0 Å². The number of nitrogens with zero attached hydrogens (tertiary/aromatic N) is 2. The monoisotopic (exact) mass is 419 g/mol. The third-order valence-corrected chi connectivity index (χ3v) is 5.36. The van der Waals surface area contributed by atoms with E-state index in [0.717, 1.165) is 30.5 Å². The molecule has 0 saturated heterocycles. The summed E-state index contributed by atoms with van der Waals surface area (Å²) in [7, 11) is 0. The van der Waals surface area contributed by atoms with Gasteiger partial charge in [0.25, 0.3) is 5.91 Å². The van der Waals surface area contributed by atoms with Crippen LogP contribution in [-0.4, -0.2) is 15.7 Å². The molecule has 1 heterocycles. The molecule has 0 unspecified atom stereocenters. The van der Waals surface area contributed by atoms with Gasteiger partial charge in [0.05, 0.1) is 28.7 Å². The van der Waals surface area contributed by atoms with Crippen LogP contribution in [0, 0.1) is 6.92 Å². The minimum absolute atomic E-state index is 0.0910. The van der Waals surface area contributed by atoms with Crippen LogP contribution in [-0.2, 0) is 6.18 Å². The minimum atomic E-state index is -4.45. The highest BCUT2D eigenvalue weighted by Crippen LogP contribution is 2.43. The Labute approximate surface area is 170 Å². The summed E-state index contributed by atoms with van der Waals surface area (Å²) in [5.41, 5.74) is 1.81. The van der Waals surface area contributed by atoms with Gasteiger partial charge in [0.15, 0.2) is 0 Å². The number of alkyl halides is 3. The Morgan fingerprint density at radius 2 is 1.93 bits per heavy atom. The number of halogens is 4. The first-order valence-corrected chi connectivity index (χ1v) is 9.45. The molecule has 8 heteroatoms. The largest absolute Gasteiger partial charge is 0.416 e.